The zero-order valence-electron chi connectivity index (χ0n) is 20.1. The molecule has 0 fully saturated rings. The van der Waals surface area contributed by atoms with Crippen molar-refractivity contribution < 1.29 is 27.5 Å². The van der Waals surface area contributed by atoms with E-state index < -0.39 is 29.3 Å². The van der Waals surface area contributed by atoms with E-state index in [1.807, 2.05) is 20.8 Å². The van der Waals surface area contributed by atoms with Crippen LogP contribution in [0.25, 0.3) is 0 Å². The number of benzene rings is 1. The third kappa shape index (κ3) is 6.21. The summed E-state index contributed by atoms with van der Waals surface area (Å²) >= 11 is 0. The van der Waals surface area contributed by atoms with Crippen LogP contribution in [0.1, 0.15) is 53.5 Å². The molecule has 190 valence electrons. The number of nitrogens with one attached hydrogen (secondary N) is 1. The molecule has 4 rings (SSSR count). The zero-order chi connectivity index (χ0) is 26.1. The van der Waals surface area contributed by atoms with Gasteiger partial charge in [-0.05, 0) is 62.1 Å². The number of halogens is 3. The Bertz CT molecular complexity index is 1280. The van der Waals surface area contributed by atoms with Crippen molar-refractivity contribution >= 4 is 17.8 Å². The molecule has 36 heavy (non-hydrogen) atoms. The maximum Gasteiger partial charge on any atom is 0.416 e. The topological polar surface area (TPSA) is 89.4 Å². The predicted molar refractivity (Wildman–Crippen MR) is 125 cm³/mol. The Morgan fingerprint density at radius 1 is 1.11 bits per heavy atom. The molecule has 1 N–H and O–H groups in total. The monoisotopic (exact) mass is 501 g/mol. The summed E-state index contributed by atoms with van der Waals surface area (Å²) in [5.41, 5.74) is 1.11. The summed E-state index contributed by atoms with van der Waals surface area (Å²) in [5.74, 6) is -0.209. The van der Waals surface area contributed by atoms with Gasteiger partial charge in [-0.3, -0.25) is 9.78 Å². The van der Waals surface area contributed by atoms with E-state index >= 15 is 0 Å². The fourth-order valence-corrected chi connectivity index (χ4v) is 3.80. The number of alkyl halides is 3. The number of rotatable bonds is 4. The Morgan fingerprint density at radius 2 is 1.89 bits per heavy atom. The molecule has 0 bridgehead atoms. The van der Waals surface area contributed by atoms with Crippen LogP contribution in [0, 0.1) is 0 Å². The van der Waals surface area contributed by atoms with Crippen molar-refractivity contribution in [3.8, 4) is 0 Å². The Balaban J connectivity index is 1.38. The van der Waals surface area contributed by atoms with Gasteiger partial charge < -0.3 is 19.5 Å². The lowest BCUT2D eigenvalue weighted by molar-refractivity contribution is -0.137. The summed E-state index contributed by atoms with van der Waals surface area (Å²) < 4.78 is 45.8. The number of fused-ring (bicyclic) bond motifs is 1. The molecule has 0 aliphatic carbocycles. The predicted octanol–water partition coefficient (Wildman–Crippen LogP) is 4.89. The van der Waals surface area contributed by atoms with Crippen LogP contribution in [0.5, 0.6) is 0 Å². The van der Waals surface area contributed by atoms with Gasteiger partial charge in [0.15, 0.2) is 5.82 Å². The van der Waals surface area contributed by atoms with Crippen LogP contribution in [0.4, 0.5) is 23.8 Å². The van der Waals surface area contributed by atoms with Crippen molar-refractivity contribution in [1.29, 1.82) is 0 Å². The molecule has 3 aromatic rings. The second-order valence-electron chi connectivity index (χ2n) is 9.57. The molecule has 0 atom stereocenters. The average molecular weight is 502 g/mol. The minimum Gasteiger partial charge on any atom is -0.444 e. The SMILES string of the molecule is CC(C)(C)OC(=O)N1CCc2cc(C(=O)Nc3cn(Cc4cccc(C(F)(F)F)c4)cn3)ncc2C1. The highest BCUT2D eigenvalue weighted by Crippen LogP contribution is 2.29. The van der Waals surface area contributed by atoms with E-state index in [9.17, 15) is 22.8 Å². The smallest absolute Gasteiger partial charge is 0.416 e. The van der Waals surface area contributed by atoms with Gasteiger partial charge in [0.1, 0.15) is 11.3 Å². The summed E-state index contributed by atoms with van der Waals surface area (Å²) in [6, 6.07) is 6.74. The molecular weight excluding hydrogens is 475 g/mol. The molecule has 3 heterocycles. The molecule has 0 radical (unpaired) electrons. The van der Waals surface area contributed by atoms with E-state index in [1.54, 1.807) is 27.8 Å². The number of aromatic nitrogens is 3. The fourth-order valence-electron chi connectivity index (χ4n) is 3.80. The standard InChI is InChI=1S/C25H26F3N5O3/c1-24(2,3)36-23(35)33-8-7-17-10-20(29-11-18(17)13-33)22(34)31-21-14-32(15-30-21)12-16-5-4-6-19(9-16)25(26,27)28/h4-6,9-11,14-15H,7-8,12-13H2,1-3H3,(H,31,34). The van der Waals surface area contributed by atoms with Crippen LogP contribution in [0.2, 0.25) is 0 Å². The Labute approximate surface area is 206 Å². The van der Waals surface area contributed by atoms with E-state index in [1.165, 1.54) is 18.6 Å². The molecular formula is C25H26F3N5O3. The normalized spacial score (nSPS) is 13.8. The lowest BCUT2D eigenvalue weighted by atomic mass is 10.0. The number of imidazole rings is 1. The molecule has 0 unspecified atom stereocenters. The van der Waals surface area contributed by atoms with E-state index in [-0.39, 0.29) is 18.1 Å². The molecule has 0 saturated carbocycles. The summed E-state index contributed by atoms with van der Waals surface area (Å²) in [6.07, 6.45) is 0.294. The van der Waals surface area contributed by atoms with Gasteiger partial charge in [0.2, 0.25) is 0 Å². The maximum atomic E-state index is 12.9. The van der Waals surface area contributed by atoms with Crippen LogP contribution in [0.3, 0.4) is 0 Å². The first-order valence-electron chi connectivity index (χ1n) is 11.3. The Morgan fingerprint density at radius 3 is 2.61 bits per heavy atom. The first kappa shape index (κ1) is 25.2. The Hall–Kier alpha value is -3.89. The van der Waals surface area contributed by atoms with Crippen LogP contribution >= 0.6 is 0 Å². The van der Waals surface area contributed by atoms with Crippen LogP contribution < -0.4 is 5.32 Å². The van der Waals surface area contributed by atoms with Gasteiger partial charge in [-0.1, -0.05) is 12.1 Å². The van der Waals surface area contributed by atoms with Gasteiger partial charge in [-0.2, -0.15) is 13.2 Å². The number of pyridine rings is 1. The molecule has 2 aromatic heterocycles. The minimum atomic E-state index is -4.42. The van der Waals surface area contributed by atoms with Gasteiger partial charge in [-0.25, -0.2) is 9.78 Å². The average Bonchev–Trinajstić information content (AvgIpc) is 3.23. The largest absolute Gasteiger partial charge is 0.444 e. The number of nitrogens with zero attached hydrogens (tertiary/aromatic N) is 4. The van der Waals surface area contributed by atoms with E-state index in [0.29, 0.717) is 25.1 Å². The van der Waals surface area contributed by atoms with Crippen LogP contribution in [-0.2, 0) is 30.4 Å². The molecule has 0 saturated heterocycles. The Kier molecular flexibility index (Phi) is 6.75. The summed E-state index contributed by atoms with van der Waals surface area (Å²) in [6.45, 7) is 6.40. The second kappa shape index (κ2) is 9.63. The molecule has 0 spiro atoms. The highest BCUT2D eigenvalue weighted by atomic mass is 19.4. The van der Waals surface area contributed by atoms with Gasteiger partial charge >= 0.3 is 12.3 Å². The van der Waals surface area contributed by atoms with E-state index in [4.69, 9.17) is 4.74 Å². The van der Waals surface area contributed by atoms with Gasteiger partial charge in [0.05, 0.1) is 18.4 Å². The minimum absolute atomic E-state index is 0.165. The highest BCUT2D eigenvalue weighted by Gasteiger charge is 2.30. The maximum absolute atomic E-state index is 12.9. The van der Waals surface area contributed by atoms with Crippen molar-refractivity contribution in [2.75, 3.05) is 11.9 Å². The summed E-state index contributed by atoms with van der Waals surface area (Å²) in [7, 11) is 0. The first-order chi connectivity index (χ1) is 16.9. The number of amides is 2. The number of ether oxygens (including phenoxy) is 1. The van der Waals surface area contributed by atoms with Gasteiger partial charge in [0, 0.05) is 25.5 Å². The zero-order valence-corrected chi connectivity index (χ0v) is 20.1. The number of hydrogen-bond acceptors (Lipinski definition) is 5. The van der Waals surface area contributed by atoms with Crippen molar-refractivity contribution in [2.45, 2.75) is 52.1 Å². The van der Waals surface area contributed by atoms with E-state index in [2.05, 4.69) is 15.3 Å². The van der Waals surface area contributed by atoms with E-state index in [0.717, 1.165) is 23.3 Å². The molecule has 1 aromatic carbocycles. The lowest BCUT2D eigenvalue weighted by Gasteiger charge is -2.31. The highest BCUT2D eigenvalue weighted by molar-refractivity contribution is 6.02. The molecule has 11 heteroatoms. The molecule has 8 nitrogen and oxygen atoms in total. The number of carbonyl (C=O) groups excluding carboxylic acids is 2. The van der Waals surface area contributed by atoms with Crippen LogP contribution in [0.15, 0.2) is 49.1 Å². The van der Waals surface area contributed by atoms with Crippen molar-refractivity contribution in [3.63, 3.8) is 0 Å². The van der Waals surface area contributed by atoms with Crippen molar-refractivity contribution in [3.05, 3.63) is 77.0 Å². The van der Waals surface area contributed by atoms with Gasteiger partial charge in [-0.15, -0.1) is 0 Å². The molecule has 1 aliphatic rings. The van der Waals surface area contributed by atoms with Crippen molar-refractivity contribution in [2.24, 2.45) is 0 Å². The quantitative estimate of drug-likeness (QED) is 0.550. The summed E-state index contributed by atoms with van der Waals surface area (Å²) in [4.78, 5) is 35.0. The number of anilines is 1. The summed E-state index contributed by atoms with van der Waals surface area (Å²) in [5, 5.41) is 2.66. The van der Waals surface area contributed by atoms with Gasteiger partial charge in [0.25, 0.3) is 5.91 Å². The van der Waals surface area contributed by atoms with Crippen molar-refractivity contribution in [1.82, 2.24) is 19.4 Å². The fraction of sp³-hybridized carbons (Fsp3) is 0.360. The third-order valence-electron chi connectivity index (χ3n) is 5.47. The number of hydrogen-bond donors (Lipinski definition) is 1. The third-order valence-corrected chi connectivity index (χ3v) is 5.47. The number of carbonyl (C=O) groups is 2. The molecule has 1 aliphatic heterocycles. The van der Waals surface area contributed by atoms with Crippen LogP contribution in [-0.4, -0.2) is 43.6 Å². The second-order valence-corrected chi connectivity index (χ2v) is 9.57. The first-order valence-corrected chi connectivity index (χ1v) is 11.3. The molecule has 2 amide bonds. The lowest BCUT2D eigenvalue weighted by Crippen LogP contribution is -2.40.